The molecule has 1 aromatic carbocycles. The number of aliphatic imine (C=N–C) groups is 1. The molecule has 0 spiro atoms. The van der Waals surface area contributed by atoms with Crippen LogP contribution in [0.15, 0.2) is 78.0 Å². The van der Waals surface area contributed by atoms with Gasteiger partial charge in [0.2, 0.25) is 0 Å². The summed E-state index contributed by atoms with van der Waals surface area (Å²) < 4.78 is 2.28. The molecule has 0 N–H and O–H groups in total. The van der Waals surface area contributed by atoms with Crippen LogP contribution in [0.5, 0.6) is 0 Å². The summed E-state index contributed by atoms with van der Waals surface area (Å²) in [5.41, 5.74) is 3.49. The smallest absolute Gasteiger partial charge is 0.160 e. The Morgan fingerprint density at radius 3 is 2.68 bits per heavy atom. The zero-order valence-corrected chi connectivity index (χ0v) is 14.5. The Hall–Kier alpha value is -2.53. The first-order valence-corrected chi connectivity index (χ1v) is 9.51. The second-order valence-electron chi connectivity index (χ2n) is 6.24. The molecule has 1 saturated heterocycles. The average Bonchev–Trinajstić information content (AvgIpc) is 3.38. The normalized spacial score (nSPS) is 22.1. The third-order valence-electron chi connectivity index (χ3n) is 4.80. The predicted octanol–water partition coefficient (Wildman–Crippen LogP) is 4.07. The van der Waals surface area contributed by atoms with Crippen LogP contribution in [-0.4, -0.2) is 31.9 Å². The highest BCUT2D eigenvalue weighted by molar-refractivity contribution is 8.14. The minimum absolute atomic E-state index is 0.0429. The van der Waals surface area contributed by atoms with E-state index in [0.717, 1.165) is 23.2 Å². The standard InChI is InChI=1S/C20H18N4S/c1-2-7-15(8-3-1)23-12-6-10-17(23)19-18(16-9-4-5-11-21-16)22-20-24(19)13-14-25-20/h1-12,18-19H,13-14H2/t18-,19-/m1/s1. The number of rotatable bonds is 3. The summed E-state index contributed by atoms with van der Waals surface area (Å²) in [6, 6.07) is 21.2. The summed E-state index contributed by atoms with van der Waals surface area (Å²) in [6.45, 7) is 1.04. The van der Waals surface area contributed by atoms with Crippen molar-refractivity contribution in [2.24, 2.45) is 4.99 Å². The third-order valence-corrected chi connectivity index (χ3v) is 5.79. The number of amidine groups is 1. The van der Waals surface area contributed by atoms with Crippen molar-refractivity contribution in [1.82, 2.24) is 14.5 Å². The number of benzene rings is 1. The van der Waals surface area contributed by atoms with Crippen molar-refractivity contribution in [3.8, 4) is 5.69 Å². The molecule has 1 fully saturated rings. The van der Waals surface area contributed by atoms with Crippen molar-refractivity contribution in [2.45, 2.75) is 12.1 Å². The van der Waals surface area contributed by atoms with E-state index in [1.165, 1.54) is 11.4 Å². The molecule has 3 aromatic rings. The van der Waals surface area contributed by atoms with Crippen LogP contribution < -0.4 is 0 Å². The lowest BCUT2D eigenvalue weighted by Crippen LogP contribution is -2.28. The van der Waals surface area contributed by atoms with E-state index in [1.807, 2.05) is 30.1 Å². The zero-order chi connectivity index (χ0) is 16.6. The number of aromatic nitrogens is 2. The van der Waals surface area contributed by atoms with Gasteiger partial charge in [0.15, 0.2) is 5.17 Å². The zero-order valence-electron chi connectivity index (χ0n) is 13.7. The maximum atomic E-state index is 5.02. The quantitative estimate of drug-likeness (QED) is 0.717. The fraction of sp³-hybridized carbons (Fsp3) is 0.200. The van der Waals surface area contributed by atoms with Gasteiger partial charge in [0.05, 0.1) is 11.7 Å². The first-order valence-electron chi connectivity index (χ1n) is 8.53. The van der Waals surface area contributed by atoms with Crippen LogP contribution in [0.25, 0.3) is 5.69 Å². The summed E-state index contributed by atoms with van der Waals surface area (Å²) in [5, 5.41) is 1.15. The van der Waals surface area contributed by atoms with Crippen molar-refractivity contribution in [3.63, 3.8) is 0 Å². The summed E-state index contributed by atoms with van der Waals surface area (Å²) in [4.78, 5) is 12.1. The second kappa shape index (κ2) is 6.08. The van der Waals surface area contributed by atoms with E-state index in [2.05, 4.69) is 69.2 Å². The molecular formula is C20H18N4S. The van der Waals surface area contributed by atoms with Gasteiger partial charge < -0.3 is 9.47 Å². The molecule has 0 bridgehead atoms. The van der Waals surface area contributed by atoms with Gasteiger partial charge in [0.25, 0.3) is 0 Å². The van der Waals surface area contributed by atoms with Crippen molar-refractivity contribution >= 4 is 16.9 Å². The Labute approximate surface area is 151 Å². The van der Waals surface area contributed by atoms with Gasteiger partial charge in [-0.2, -0.15) is 0 Å². The Bertz CT molecular complexity index is 904. The van der Waals surface area contributed by atoms with E-state index in [9.17, 15) is 0 Å². The van der Waals surface area contributed by atoms with Gasteiger partial charge >= 0.3 is 0 Å². The molecule has 0 aliphatic carbocycles. The molecule has 0 unspecified atom stereocenters. The van der Waals surface area contributed by atoms with Gasteiger partial charge in [-0.1, -0.05) is 36.0 Å². The van der Waals surface area contributed by atoms with Gasteiger partial charge in [0, 0.05) is 36.1 Å². The molecule has 25 heavy (non-hydrogen) atoms. The van der Waals surface area contributed by atoms with Crippen LogP contribution in [0, 0.1) is 0 Å². The molecule has 4 nitrogen and oxygen atoms in total. The minimum atomic E-state index is 0.0429. The van der Waals surface area contributed by atoms with E-state index in [-0.39, 0.29) is 12.1 Å². The van der Waals surface area contributed by atoms with Crippen LogP contribution >= 0.6 is 11.8 Å². The Kier molecular flexibility index (Phi) is 3.59. The Morgan fingerprint density at radius 2 is 1.84 bits per heavy atom. The Morgan fingerprint density at radius 1 is 0.960 bits per heavy atom. The number of fused-ring (bicyclic) bond motifs is 1. The minimum Gasteiger partial charge on any atom is -0.339 e. The second-order valence-corrected chi connectivity index (χ2v) is 7.30. The molecule has 2 atom stereocenters. The lowest BCUT2D eigenvalue weighted by atomic mass is 10.0. The molecule has 0 radical (unpaired) electrons. The molecule has 2 aliphatic heterocycles. The molecule has 2 aliphatic rings. The van der Waals surface area contributed by atoms with Crippen molar-refractivity contribution in [1.29, 1.82) is 0 Å². The molecule has 5 heteroatoms. The number of nitrogens with zero attached hydrogens (tertiary/aromatic N) is 4. The van der Waals surface area contributed by atoms with Crippen molar-refractivity contribution in [3.05, 3.63) is 84.4 Å². The molecular weight excluding hydrogens is 328 g/mol. The largest absolute Gasteiger partial charge is 0.339 e. The van der Waals surface area contributed by atoms with Gasteiger partial charge in [-0.3, -0.25) is 9.98 Å². The number of thioether (sulfide) groups is 1. The summed E-state index contributed by atoms with van der Waals surface area (Å²) in [7, 11) is 0. The molecule has 5 rings (SSSR count). The first-order chi connectivity index (χ1) is 12.4. The maximum Gasteiger partial charge on any atom is 0.160 e. The number of hydrogen-bond donors (Lipinski definition) is 0. The van der Waals surface area contributed by atoms with Crippen LogP contribution in [0.3, 0.4) is 0 Å². The number of para-hydroxylation sites is 1. The predicted molar refractivity (Wildman–Crippen MR) is 102 cm³/mol. The molecule has 2 aromatic heterocycles. The summed E-state index contributed by atoms with van der Waals surface area (Å²) in [5.74, 6) is 1.11. The van der Waals surface area contributed by atoms with E-state index >= 15 is 0 Å². The third kappa shape index (κ3) is 2.46. The summed E-state index contributed by atoms with van der Waals surface area (Å²) >= 11 is 1.85. The van der Waals surface area contributed by atoms with Crippen LogP contribution in [0.2, 0.25) is 0 Å². The topological polar surface area (TPSA) is 33.4 Å². The summed E-state index contributed by atoms with van der Waals surface area (Å²) in [6.07, 6.45) is 4.00. The first kappa shape index (κ1) is 14.8. The average molecular weight is 346 g/mol. The van der Waals surface area contributed by atoms with Crippen molar-refractivity contribution in [2.75, 3.05) is 12.3 Å². The fourth-order valence-corrected chi connectivity index (χ4v) is 4.73. The molecule has 124 valence electrons. The van der Waals surface area contributed by atoms with E-state index in [1.54, 1.807) is 0 Å². The van der Waals surface area contributed by atoms with Crippen molar-refractivity contribution < 1.29 is 0 Å². The lowest BCUT2D eigenvalue weighted by Gasteiger charge is -2.27. The lowest BCUT2D eigenvalue weighted by molar-refractivity contribution is 0.322. The number of pyridine rings is 1. The van der Waals surface area contributed by atoms with Gasteiger partial charge in [-0.25, -0.2) is 0 Å². The highest BCUT2D eigenvalue weighted by Gasteiger charge is 2.42. The molecule has 0 amide bonds. The number of hydrogen-bond acceptors (Lipinski definition) is 4. The van der Waals surface area contributed by atoms with Gasteiger partial charge in [-0.15, -0.1) is 0 Å². The van der Waals surface area contributed by atoms with Crippen LogP contribution in [0.1, 0.15) is 23.5 Å². The monoisotopic (exact) mass is 346 g/mol. The highest BCUT2D eigenvalue weighted by atomic mass is 32.2. The van der Waals surface area contributed by atoms with Gasteiger partial charge in [0.1, 0.15) is 6.04 Å². The van der Waals surface area contributed by atoms with E-state index in [0.29, 0.717) is 0 Å². The molecule has 4 heterocycles. The van der Waals surface area contributed by atoms with Gasteiger partial charge in [-0.05, 0) is 36.4 Å². The Balaban J connectivity index is 1.62. The van der Waals surface area contributed by atoms with Crippen LogP contribution in [0.4, 0.5) is 0 Å². The fourth-order valence-electron chi connectivity index (χ4n) is 3.70. The van der Waals surface area contributed by atoms with E-state index in [4.69, 9.17) is 4.99 Å². The highest BCUT2D eigenvalue weighted by Crippen LogP contribution is 2.46. The van der Waals surface area contributed by atoms with Crippen LogP contribution in [-0.2, 0) is 0 Å². The maximum absolute atomic E-state index is 5.02. The SMILES string of the molecule is c1ccc(-n2cccc2[C@@H]2[C@@H](c3ccccn3)N=C3SCCN32)cc1. The molecule has 0 saturated carbocycles. The van der Waals surface area contributed by atoms with E-state index < -0.39 is 0 Å².